The molecule has 0 spiro atoms. The predicted molar refractivity (Wildman–Crippen MR) is 86.1 cm³/mol. The van der Waals surface area contributed by atoms with E-state index in [9.17, 15) is 9.90 Å². The molecule has 24 heavy (non-hydrogen) atoms. The summed E-state index contributed by atoms with van der Waals surface area (Å²) in [6, 6.07) is 9.59. The number of ether oxygens (including phenoxy) is 3. The fourth-order valence-electron chi connectivity index (χ4n) is 2.24. The number of phenols is 1. The third kappa shape index (κ3) is 3.67. The zero-order valence-electron chi connectivity index (χ0n) is 12.8. The minimum absolute atomic E-state index is 0.00787. The van der Waals surface area contributed by atoms with Gasteiger partial charge in [0.1, 0.15) is 24.7 Å². The maximum absolute atomic E-state index is 11.9. The molecule has 0 aromatic heterocycles. The average Bonchev–Trinajstić information content (AvgIpc) is 2.61. The van der Waals surface area contributed by atoms with Crippen molar-refractivity contribution in [3.8, 4) is 23.0 Å². The molecule has 1 aliphatic heterocycles. The molecule has 0 fully saturated rings. The lowest BCUT2D eigenvalue weighted by Crippen LogP contribution is -2.15. The molecular formula is C18H16O6. The zero-order chi connectivity index (χ0) is 16.9. The Balaban J connectivity index is 1.67. The van der Waals surface area contributed by atoms with Crippen molar-refractivity contribution < 1.29 is 29.2 Å². The summed E-state index contributed by atoms with van der Waals surface area (Å²) in [4.78, 5) is 11.9. The molecule has 0 radical (unpaired) electrons. The summed E-state index contributed by atoms with van der Waals surface area (Å²) in [6.45, 7) is 0.671. The smallest absolute Gasteiger partial charge is 0.336 e. The minimum atomic E-state index is -0.551. The van der Waals surface area contributed by atoms with Crippen LogP contribution in [0.2, 0.25) is 0 Å². The molecule has 1 heterocycles. The Kier molecular flexibility index (Phi) is 4.67. The number of hydrogen-bond donors (Lipinski definition) is 2. The van der Waals surface area contributed by atoms with Crippen LogP contribution in [0, 0.1) is 0 Å². The molecule has 3 rings (SSSR count). The van der Waals surface area contributed by atoms with Crippen LogP contribution in [0.25, 0.3) is 6.08 Å². The van der Waals surface area contributed by atoms with Crippen molar-refractivity contribution >= 4 is 12.0 Å². The Hall–Kier alpha value is -2.99. The van der Waals surface area contributed by atoms with Crippen LogP contribution in [0.1, 0.15) is 11.1 Å². The first kappa shape index (κ1) is 15.9. The molecule has 1 aliphatic rings. The number of carbonyl (C=O) groups is 1. The van der Waals surface area contributed by atoms with E-state index in [-0.39, 0.29) is 12.4 Å². The van der Waals surface area contributed by atoms with E-state index in [2.05, 4.69) is 0 Å². The van der Waals surface area contributed by atoms with Crippen LogP contribution in [0.3, 0.4) is 0 Å². The van der Waals surface area contributed by atoms with E-state index in [0.29, 0.717) is 41.6 Å². The highest BCUT2D eigenvalue weighted by atomic mass is 16.6. The second-order valence-electron chi connectivity index (χ2n) is 5.11. The van der Waals surface area contributed by atoms with Crippen LogP contribution in [0.5, 0.6) is 23.0 Å². The lowest BCUT2D eigenvalue weighted by atomic mass is 10.1. The molecule has 2 N–H and O–H groups in total. The van der Waals surface area contributed by atoms with Gasteiger partial charge in [-0.05, 0) is 35.9 Å². The van der Waals surface area contributed by atoms with Crippen molar-refractivity contribution in [3.05, 3.63) is 53.6 Å². The van der Waals surface area contributed by atoms with Crippen LogP contribution >= 0.6 is 0 Å². The van der Waals surface area contributed by atoms with E-state index in [4.69, 9.17) is 19.3 Å². The van der Waals surface area contributed by atoms with Crippen LogP contribution in [-0.2, 0) is 11.4 Å². The fourth-order valence-corrected chi connectivity index (χ4v) is 2.24. The van der Waals surface area contributed by atoms with Crippen LogP contribution in [-0.4, -0.2) is 29.4 Å². The molecule has 0 amide bonds. The van der Waals surface area contributed by atoms with E-state index >= 15 is 0 Å². The van der Waals surface area contributed by atoms with Gasteiger partial charge in [0, 0.05) is 17.7 Å². The average molecular weight is 328 g/mol. The van der Waals surface area contributed by atoms with Crippen molar-refractivity contribution in [2.75, 3.05) is 13.2 Å². The molecule has 124 valence electrons. The van der Waals surface area contributed by atoms with Crippen molar-refractivity contribution in [2.24, 2.45) is 0 Å². The zero-order valence-corrected chi connectivity index (χ0v) is 12.8. The van der Waals surface area contributed by atoms with Crippen LogP contribution in [0.4, 0.5) is 0 Å². The fraction of sp³-hybridized carbons (Fsp3) is 0.167. The maximum Gasteiger partial charge on any atom is 0.336 e. The highest BCUT2D eigenvalue weighted by Crippen LogP contribution is 2.33. The molecule has 6 heteroatoms. The van der Waals surface area contributed by atoms with Crippen molar-refractivity contribution in [3.63, 3.8) is 0 Å². The predicted octanol–water partition coefficient (Wildman–Crippen LogP) is 2.27. The minimum Gasteiger partial charge on any atom is -0.508 e. The number of aliphatic hydroxyl groups excluding tert-OH is 1. The Morgan fingerprint density at radius 2 is 1.92 bits per heavy atom. The number of hydrogen-bond acceptors (Lipinski definition) is 6. The monoisotopic (exact) mass is 328 g/mol. The van der Waals surface area contributed by atoms with Crippen LogP contribution in [0.15, 0.2) is 42.5 Å². The molecule has 0 unspecified atom stereocenters. The molecule has 0 saturated heterocycles. The standard InChI is InChI=1S/C18H16O6/c19-11-13-9-12(1-4-15(13)20)2-6-18(21)24-14-3-5-16-17(10-14)23-8-7-22-16/h1-6,9-10,19-20H,7-8,11H2. The largest absolute Gasteiger partial charge is 0.508 e. The third-order valence-corrected chi connectivity index (χ3v) is 3.42. The number of fused-ring (bicyclic) bond motifs is 1. The highest BCUT2D eigenvalue weighted by molar-refractivity contribution is 5.88. The Morgan fingerprint density at radius 1 is 1.12 bits per heavy atom. The van der Waals surface area contributed by atoms with Gasteiger partial charge in [0.2, 0.25) is 0 Å². The van der Waals surface area contributed by atoms with Gasteiger partial charge in [0.05, 0.1) is 6.61 Å². The van der Waals surface area contributed by atoms with E-state index in [1.165, 1.54) is 12.1 Å². The molecule has 0 atom stereocenters. The number of carbonyl (C=O) groups excluding carboxylic acids is 1. The summed E-state index contributed by atoms with van der Waals surface area (Å²) in [5.41, 5.74) is 1.05. The molecule has 0 bridgehead atoms. The van der Waals surface area contributed by atoms with Crippen molar-refractivity contribution in [1.82, 2.24) is 0 Å². The van der Waals surface area contributed by atoms with E-state index in [1.807, 2.05) is 0 Å². The summed E-state index contributed by atoms with van der Waals surface area (Å²) in [7, 11) is 0. The quantitative estimate of drug-likeness (QED) is 0.509. The summed E-state index contributed by atoms with van der Waals surface area (Å²) >= 11 is 0. The first-order valence-corrected chi connectivity index (χ1v) is 7.38. The number of esters is 1. The second-order valence-corrected chi connectivity index (χ2v) is 5.11. The SMILES string of the molecule is O=C(C=Cc1ccc(O)c(CO)c1)Oc1ccc2c(c1)OCCO2. The lowest BCUT2D eigenvalue weighted by molar-refractivity contribution is -0.128. The molecule has 0 aliphatic carbocycles. The third-order valence-electron chi connectivity index (χ3n) is 3.42. The van der Waals surface area contributed by atoms with Gasteiger partial charge in [-0.3, -0.25) is 0 Å². The molecule has 2 aromatic carbocycles. The first-order valence-electron chi connectivity index (χ1n) is 7.38. The van der Waals surface area contributed by atoms with Crippen molar-refractivity contribution in [2.45, 2.75) is 6.61 Å². The molecule has 6 nitrogen and oxygen atoms in total. The van der Waals surface area contributed by atoms with E-state index in [1.54, 1.807) is 36.4 Å². The van der Waals surface area contributed by atoms with Gasteiger partial charge in [0.25, 0.3) is 0 Å². The summed E-state index contributed by atoms with van der Waals surface area (Å²) in [5.74, 6) is 0.980. The van der Waals surface area contributed by atoms with Gasteiger partial charge >= 0.3 is 5.97 Å². The van der Waals surface area contributed by atoms with Gasteiger partial charge in [-0.2, -0.15) is 0 Å². The Morgan fingerprint density at radius 3 is 2.71 bits per heavy atom. The summed E-state index contributed by atoms with van der Waals surface area (Å²) in [6.07, 6.45) is 2.81. The van der Waals surface area contributed by atoms with Gasteiger partial charge < -0.3 is 24.4 Å². The second kappa shape index (κ2) is 7.06. The van der Waals surface area contributed by atoms with Crippen molar-refractivity contribution in [1.29, 1.82) is 0 Å². The maximum atomic E-state index is 11.9. The summed E-state index contributed by atoms with van der Waals surface area (Å²) in [5, 5.41) is 18.6. The van der Waals surface area contributed by atoms with Gasteiger partial charge in [0.15, 0.2) is 11.5 Å². The van der Waals surface area contributed by atoms with Crippen LogP contribution < -0.4 is 14.2 Å². The Bertz CT molecular complexity index is 781. The number of benzene rings is 2. The number of aromatic hydroxyl groups is 1. The topological polar surface area (TPSA) is 85.2 Å². The van der Waals surface area contributed by atoms with Gasteiger partial charge in [-0.25, -0.2) is 4.79 Å². The molecular weight excluding hydrogens is 312 g/mol. The first-order chi connectivity index (χ1) is 11.7. The lowest BCUT2D eigenvalue weighted by Gasteiger charge is -2.18. The Labute approximate surface area is 138 Å². The summed E-state index contributed by atoms with van der Waals surface area (Å²) < 4.78 is 16.1. The number of rotatable bonds is 4. The van der Waals surface area contributed by atoms with Gasteiger partial charge in [-0.15, -0.1) is 0 Å². The molecule has 0 saturated carbocycles. The van der Waals surface area contributed by atoms with Gasteiger partial charge in [-0.1, -0.05) is 6.07 Å². The van der Waals surface area contributed by atoms with E-state index < -0.39 is 5.97 Å². The van der Waals surface area contributed by atoms with E-state index in [0.717, 1.165) is 0 Å². The highest BCUT2D eigenvalue weighted by Gasteiger charge is 2.13. The molecule has 2 aromatic rings. The number of aliphatic hydroxyl groups is 1. The normalized spacial score (nSPS) is 13.0.